The molecule has 2 heterocycles. The highest BCUT2D eigenvalue weighted by Crippen LogP contribution is 2.25. The molecule has 1 saturated heterocycles. The average Bonchev–Trinajstić information content (AvgIpc) is 2.26. The minimum absolute atomic E-state index is 0.0472. The van der Waals surface area contributed by atoms with E-state index in [1.165, 1.54) is 12.1 Å². The van der Waals surface area contributed by atoms with Crippen molar-refractivity contribution in [2.75, 3.05) is 28.7 Å². The zero-order valence-electron chi connectivity index (χ0n) is 10.3. The van der Waals surface area contributed by atoms with Gasteiger partial charge in [0.05, 0.1) is 16.4 Å². The van der Waals surface area contributed by atoms with Crippen LogP contribution in [0.4, 0.5) is 17.3 Å². The zero-order valence-corrected chi connectivity index (χ0v) is 11.1. The Morgan fingerprint density at radius 3 is 2.74 bits per heavy atom. The number of rotatable bonds is 2. The van der Waals surface area contributed by atoms with Gasteiger partial charge < -0.3 is 10.6 Å². The molecule has 0 radical (unpaired) electrons. The third-order valence-corrected chi connectivity index (χ3v) is 4.84. The summed E-state index contributed by atoms with van der Waals surface area (Å²) in [6.07, 6.45) is 0. The smallest absolute Gasteiger partial charge is 0.311 e. The number of nitro groups is 1. The Bertz CT molecular complexity index is 616. The van der Waals surface area contributed by atoms with Crippen molar-refractivity contribution in [3.63, 3.8) is 0 Å². The lowest BCUT2D eigenvalue weighted by Crippen LogP contribution is -2.47. The maximum atomic E-state index is 11.5. The summed E-state index contributed by atoms with van der Waals surface area (Å²) in [7, 11) is -3.01. The molecule has 1 aliphatic rings. The zero-order chi connectivity index (χ0) is 14.2. The number of sulfone groups is 1. The number of anilines is 2. The second-order valence-corrected chi connectivity index (χ2v) is 6.72. The van der Waals surface area contributed by atoms with Crippen LogP contribution in [0.1, 0.15) is 6.92 Å². The van der Waals surface area contributed by atoms with Gasteiger partial charge in [-0.2, -0.15) is 0 Å². The van der Waals surface area contributed by atoms with Crippen molar-refractivity contribution in [2.24, 2.45) is 0 Å². The fraction of sp³-hybridized carbons (Fsp3) is 0.500. The highest BCUT2D eigenvalue weighted by molar-refractivity contribution is 7.91. The van der Waals surface area contributed by atoms with E-state index in [9.17, 15) is 18.5 Å². The van der Waals surface area contributed by atoms with Gasteiger partial charge >= 0.3 is 5.69 Å². The predicted molar refractivity (Wildman–Crippen MR) is 70.8 cm³/mol. The van der Waals surface area contributed by atoms with E-state index in [4.69, 9.17) is 5.73 Å². The molecule has 104 valence electrons. The van der Waals surface area contributed by atoms with Gasteiger partial charge in [-0.25, -0.2) is 13.4 Å². The quantitative estimate of drug-likeness (QED) is 0.609. The van der Waals surface area contributed by atoms with Gasteiger partial charge in [0.15, 0.2) is 9.84 Å². The van der Waals surface area contributed by atoms with E-state index in [0.717, 1.165) is 0 Å². The van der Waals surface area contributed by atoms with E-state index in [0.29, 0.717) is 12.4 Å². The van der Waals surface area contributed by atoms with E-state index in [1.54, 1.807) is 11.8 Å². The number of aromatic nitrogens is 1. The largest absolute Gasteiger partial charge is 0.378 e. The van der Waals surface area contributed by atoms with E-state index >= 15 is 0 Å². The molecule has 2 N–H and O–H groups in total. The minimum atomic E-state index is -3.01. The highest BCUT2D eigenvalue weighted by Gasteiger charge is 2.29. The van der Waals surface area contributed by atoms with E-state index < -0.39 is 14.8 Å². The summed E-state index contributed by atoms with van der Waals surface area (Å²) in [5.74, 6) is 0.398. The second-order valence-electron chi connectivity index (χ2n) is 4.49. The first-order valence-corrected chi connectivity index (χ1v) is 7.50. The summed E-state index contributed by atoms with van der Waals surface area (Å²) >= 11 is 0. The summed E-state index contributed by atoms with van der Waals surface area (Å²) in [6, 6.07) is 2.54. The lowest BCUT2D eigenvalue weighted by Gasteiger charge is -2.34. The molecule has 1 fully saturated rings. The van der Waals surface area contributed by atoms with Crippen molar-refractivity contribution in [1.82, 2.24) is 4.98 Å². The van der Waals surface area contributed by atoms with Gasteiger partial charge in [0.25, 0.3) is 0 Å². The monoisotopic (exact) mass is 286 g/mol. The number of nitrogen functional groups attached to an aromatic ring is 1. The van der Waals surface area contributed by atoms with Crippen molar-refractivity contribution >= 4 is 27.2 Å². The van der Waals surface area contributed by atoms with Crippen LogP contribution in [-0.2, 0) is 9.84 Å². The van der Waals surface area contributed by atoms with Crippen LogP contribution in [0, 0.1) is 10.1 Å². The molecule has 0 aliphatic carbocycles. The Labute approximate surface area is 110 Å². The summed E-state index contributed by atoms with van der Waals surface area (Å²) < 4.78 is 23.0. The van der Waals surface area contributed by atoms with Gasteiger partial charge in [-0.15, -0.1) is 0 Å². The molecule has 9 heteroatoms. The van der Waals surface area contributed by atoms with Crippen LogP contribution < -0.4 is 10.6 Å². The highest BCUT2D eigenvalue weighted by atomic mass is 32.2. The molecule has 0 amide bonds. The van der Waals surface area contributed by atoms with Gasteiger partial charge in [0.2, 0.25) is 5.82 Å². The van der Waals surface area contributed by atoms with Crippen LogP contribution in [-0.4, -0.2) is 42.4 Å². The first-order chi connectivity index (χ1) is 8.80. The van der Waals surface area contributed by atoms with Gasteiger partial charge in [-0.05, 0) is 13.0 Å². The number of nitrogens with two attached hydrogens (primary N) is 1. The van der Waals surface area contributed by atoms with E-state index in [-0.39, 0.29) is 29.1 Å². The Kier molecular flexibility index (Phi) is 3.31. The lowest BCUT2D eigenvalue weighted by molar-refractivity contribution is -0.384. The summed E-state index contributed by atoms with van der Waals surface area (Å²) in [5, 5.41) is 10.7. The van der Waals surface area contributed by atoms with Crippen molar-refractivity contribution in [3.8, 4) is 0 Å². The first kappa shape index (κ1) is 13.5. The van der Waals surface area contributed by atoms with Crippen molar-refractivity contribution in [2.45, 2.75) is 13.0 Å². The Balaban J connectivity index is 2.28. The van der Waals surface area contributed by atoms with Crippen LogP contribution in [0.25, 0.3) is 0 Å². The summed E-state index contributed by atoms with van der Waals surface area (Å²) in [4.78, 5) is 15.8. The molecule has 1 aromatic rings. The Morgan fingerprint density at radius 2 is 2.21 bits per heavy atom. The van der Waals surface area contributed by atoms with E-state index in [1.807, 2.05) is 0 Å². The third-order valence-electron chi connectivity index (χ3n) is 3.05. The number of hydrogen-bond donors (Lipinski definition) is 1. The van der Waals surface area contributed by atoms with Crippen LogP contribution >= 0.6 is 0 Å². The molecule has 19 heavy (non-hydrogen) atoms. The van der Waals surface area contributed by atoms with Gasteiger partial charge in [0, 0.05) is 18.7 Å². The van der Waals surface area contributed by atoms with Crippen LogP contribution in [0.2, 0.25) is 0 Å². The molecule has 0 aromatic carbocycles. The normalized spacial score (nSPS) is 22.2. The van der Waals surface area contributed by atoms with Crippen molar-refractivity contribution in [3.05, 3.63) is 22.2 Å². The molecular formula is C10H14N4O4S. The SMILES string of the molecule is CC1CS(=O)(=O)CCN1c1ccc([N+](=O)[O-])c(N)n1. The van der Waals surface area contributed by atoms with Crippen molar-refractivity contribution in [1.29, 1.82) is 0 Å². The standard InChI is InChI=1S/C10H14N4O4S/c1-7-6-19(17,18)5-4-13(7)9-3-2-8(14(15)16)10(11)12-9/h2-3,7H,4-6H2,1H3,(H2,11,12). The molecule has 2 rings (SSSR count). The van der Waals surface area contributed by atoms with Gasteiger partial charge in [-0.1, -0.05) is 0 Å². The maximum Gasteiger partial charge on any atom is 0.311 e. The Hall–Kier alpha value is -1.90. The summed E-state index contributed by atoms with van der Waals surface area (Å²) in [6.45, 7) is 2.09. The predicted octanol–water partition coefficient (Wildman–Crippen LogP) is 0.195. The molecule has 1 aliphatic heterocycles. The molecule has 8 nitrogen and oxygen atoms in total. The fourth-order valence-electron chi connectivity index (χ4n) is 2.11. The van der Waals surface area contributed by atoms with Gasteiger partial charge in [0.1, 0.15) is 5.82 Å². The topological polar surface area (TPSA) is 119 Å². The first-order valence-electron chi connectivity index (χ1n) is 5.68. The average molecular weight is 286 g/mol. The second kappa shape index (κ2) is 4.65. The maximum absolute atomic E-state index is 11.5. The van der Waals surface area contributed by atoms with Crippen molar-refractivity contribution < 1.29 is 13.3 Å². The van der Waals surface area contributed by atoms with Crippen LogP contribution in [0.3, 0.4) is 0 Å². The van der Waals surface area contributed by atoms with Crippen LogP contribution in [0.15, 0.2) is 12.1 Å². The molecule has 0 saturated carbocycles. The summed E-state index contributed by atoms with van der Waals surface area (Å²) in [5.41, 5.74) is 5.28. The molecule has 1 unspecified atom stereocenters. The number of nitrogens with zero attached hydrogens (tertiary/aromatic N) is 3. The van der Waals surface area contributed by atoms with E-state index in [2.05, 4.69) is 4.98 Å². The molecule has 0 bridgehead atoms. The molecule has 1 aromatic heterocycles. The minimum Gasteiger partial charge on any atom is -0.378 e. The number of hydrogen-bond acceptors (Lipinski definition) is 7. The molecule has 1 atom stereocenters. The van der Waals surface area contributed by atoms with Gasteiger partial charge in [-0.3, -0.25) is 10.1 Å². The third kappa shape index (κ3) is 2.75. The Morgan fingerprint density at radius 1 is 1.53 bits per heavy atom. The fourth-order valence-corrected chi connectivity index (χ4v) is 3.67. The van der Waals surface area contributed by atoms with Crippen LogP contribution in [0.5, 0.6) is 0 Å². The molecule has 0 spiro atoms. The molecular weight excluding hydrogens is 272 g/mol. The number of pyridine rings is 1. The lowest BCUT2D eigenvalue weighted by atomic mass is 10.3.